The second-order valence-corrected chi connectivity index (χ2v) is 5.62. The van der Waals surface area contributed by atoms with Gasteiger partial charge in [-0.2, -0.15) is 0 Å². The van der Waals surface area contributed by atoms with Gasteiger partial charge >= 0.3 is 6.09 Å². The summed E-state index contributed by atoms with van der Waals surface area (Å²) in [7, 11) is 0. The zero-order valence-corrected chi connectivity index (χ0v) is 10.9. The monoisotopic (exact) mass is 228 g/mol. The normalized spacial score (nSPS) is 22.1. The number of hydrogen-bond acceptors (Lipinski definition) is 3. The lowest BCUT2D eigenvalue weighted by Crippen LogP contribution is -2.37. The highest BCUT2D eigenvalue weighted by Gasteiger charge is 2.19. The highest BCUT2D eigenvalue weighted by Crippen LogP contribution is 2.13. The van der Waals surface area contributed by atoms with Crippen LogP contribution in [0.2, 0.25) is 0 Å². The SMILES string of the molecule is C[C@H]1CCN(CCNC(=O)OC(C)(C)C)C1. The summed E-state index contributed by atoms with van der Waals surface area (Å²) >= 11 is 0. The van der Waals surface area contributed by atoms with Crippen LogP contribution in [0.3, 0.4) is 0 Å². The summed E-state index contributed by atoms with van der Waals surface area (Å²) in [5.41, 5.74) is -0.410. The average Bonchev–Trinajstić information content (AvgIpc) is 2.48. The van der Waals surface area contributed by atoms with Crippen LogP contribution in [-0.2, 0) is 4.74 Å². The molecule has 0 spiro atoms. The van der Waals surface area contributed by atoms with Crippen molar-refractivity contribution in [3.8, 4) is 0 Å². The first-order valence-electron chi connectivity index (χ1n) is 6.06. The van der Waals surface area contributed by atoms with E-state index in [1.165, 1.54) is 6.42 Å². The number of alkyl carbamates (subject to hydrolysis) is 1. The van der Waals surface area contributed by atoms with Crippen LogP contribution in [0.4, 0.5) is 4.79 Å². The highest BCUT2D eigenvalue weighted by atomic mass is 16.6. The van der Waals surface area contributed by atoms with Crippen molar-refractivity contribution >= 4 is 6.09 Å². The summed E-state index contributed by atoms with van der Waals surface area (Å²) in [5, 5.41) is 2.78. The van der Waals surface area contributed by atoms with Gasteiger partial charge in [0.15, 0.2) is 0 Å². The molecule has 1 atom stereocenters. The molecule has 1 amide bonds. The molecule has 4 nitrogen and oxygen atoms in total. The van der Waals surface area contributed by atoms with E-state index in [1.807, 2.05) is 20.8 Å². The van der Waals surface area contributed by atoms with Gasteiger partial charge in [0.2, 0.25) is 0 Å². The number of nitrogens with one attached hydrogen (secondary N) is 1. The average molecular weight is 228 g/mol. The molecule has 1 aliphatic heterocycles. The third kappa shape index (κ3) is 5.35. The van der Waals surface area contributed by atoms with Gasteiger partial charge in [-0.25, -0.2) is 4.79 Å². The topological polar surface area (TPSA) is 41.6 Å². The standard InChI is InChI=1S/C12H24N2O2/c1-10-5-7-14(9-10)8-6-13-11(15)16-12(2,3)4/h10H,5-9H2,1-4H3,(H,13,15)/t10-/m0/s1. The van der Waals surface area contributed by atoms with Gasteiger partial charge in [-0.3, -0.25) is 0 Å². The number of rotatable bonds is 3. The van der Waals surface area contributed by atoms with Gasteiger partial charge in [0, 0.05) is 19.6 Å². The van der Waals surface area contributed by atoms with E-state index in [0.29, 0.717) is 6.54 Å². The Kier molecular flexibility index (Phi) is 4.59. The van der Waals surface area contributed by atoms with Crippen molar-refractivity contribution in [2.24, 2.45) is 5.92 Å². The largest absolute Gasteiger partial charge is 0.444 e. The van der Waals surface area contributed by atoms with Crippen LogP contribution in [0, 0.1) is 5.92 Å². The predicted molar refractivity (Wildman–Crippen MR) is 64.5 cm³/mol. The van der Waals surface area contributed by atoms with Gasteiger partial charge in [-0.1, -0.05) is 6.92 Å². The molecule has 16 heavy (non-hydrogen) atoms. The summed E-state index contributed by atoms with van der Waals surface area (Å²) in [4.78, 5) is 13.7. The zero-order valence-electron chi connectivity index (χ0n) is 10.9. The van der Waals surface area contributed by atoms with E-state index in [0.717, 1.165) is 25.6 Å². The lowest BCUT2D eigenvalue weighted by Gasteiger charge is -2.20. The Balaban J connectivity index is 2.09. The molecule has 0 aromatic carbocycles. The fraction of sp³-hybridized carbons (Fsp3) is 0.917. The minimum absolute atomic E-state index is 0.320. The molecular weight excluding hydrogens is 204 g/mol. The van der Waals surface area contributed by atoms with Gasteiger partial charge in [0.1, 0.15) is 5.60 Å². The minimum Gasteiger partial charge on any atom is -0.444 e. The van der Waals surface area contributed by atoms with Crippen LogP contribution >= 0.6 is 0 Å². The maximum Gasteiger partial charge on any atom is 0.407 e. The third-order valence-electron chi connectivity index (χ3n) is 2.60. The Labute approximate surface area is 98.3 Å². The summed E-state index contributed by atoms with van der Waals surface area (Å²) in [6.45, 7) is 11.8. The van der Waals surface area contributed by atoms with E-state index in [4.69, 9.17) is 4.74 Å². The molecule has 0 saturated carbocycles. The maximum absolute atomic E-state index is 11.3. The lowest BCUT2D eigenvalue weighted by atomic mass is 10.2. The second-order valence-electron chi connectivity index (χ2n) is 5.62. The number of amides is 1. The fourth-order valence-electron chi connectivity index (χ4n) is 1.86. The summed E-state index contributed by atoms with van der Waals surface area (Å²) in [6, 6.07) is 0. The van der Waals surface area contributed by atoms with Crippen LogP contribution < -0.4 is 5.32 Å². The molecule has 1 heterocycles. The van der Waals surface area contributed by atoms with Crippen LogP contribution in [0.5, 0.6) is 0 Å². The molecule has 1 saturated heterocycles. The van der Waals surface area contributed by atoms with E-state index >= 15 is 0 Å². The summed E-state index contributed by atoms with van der Waals surface area (Å²) in [6.07, 6.45) is 0.951. The Hall–Kier alpha value is -0.770. The van der Waals surface area contributed by atoms with E-state index < -0.39 is 5.60 Å². The molecule has 0 bridgehead atoms. The maximum atomic E-state index is 11.3. The Bertz CT molecular complexity index is 236. The molecule has 1 N–H and O–H groups in total. The molecule has 1 rings (SSSR count). The number of ether oxygens (including phenoxy) is 1. The van der Waals surface area contributed by atoms with Gasteiger partial charge in [-0.15, -0.1) is 0 Å². The van der Waals surface area contributed by atoms with Crippen LogP contribution in [0.25, 0.3) is 0 Å². The molecule has 0 unspecified atom stereocenters. The molecule has 0 aliphatic carbocycles. The molecule has 1 fully saturated rings. The number of carbonyl (C=O) groups excluding carboxylic acids is 1. The van der Waals surface area contributed by atoms with Crippen molar-refractivity contribution in [3.05, 3.63) is 0 Å². The summed E-state index contributed by atoms with van der Waals surface area (Å²) in [5.74, 6) is 0.793. The van der Waals surface area contributed by atoms with Crippen molar-refractivity contribution in [2.45, 2.75) is 39.7 Å². The van der Waals surface area contributed by atoms with Crippen LogP contribution in [-0.4, -0.2) is 42.8 Å². The van der Waals surface area contributed by atoms with Gasteiger partial charge in [0.25, 0.3) is 0 Å². The molecule has 0 aromatic heterocycles. The number of likely N-dealkylation sites (tertiary alicyclic amines) is 1. The van der Waals surface area contributed by atoms with E-state index in [9.17, 15) is 4.79 Å². The van der Waals surface area contributed by atoms with Crippen molar-refractivity contribution in [2.75, 3.05) is 26.2 Å². The number of nitrogens with zero attached hydrogens (tertiary/aromatic N) is 1. The van der Waals surface area contributed by atoms with E-state index in [2.05, 4.69) is 17.1 Å². The number of carbonyl (C=O) groups is 1. The Morgan fingerprint density at radius 2 is 2.19 bits per heavy atom. The van der Waals surface area contributed by atoms with Gasteiger partial charge in [0.05, 0.1) is 0 Å². The quantitative estimate of drug-likeness (QED) is 0.801. The molecular formula is C12H24N2O2. The first-order valence-corrected chi connectivity index (χ1v) is 6.06. The summed E-state index contributed by atoms with van der Waals surface area (Å²) < 4.78 is 5.15. The second kappa shape index (κ2) is 5.53. The molecule has 0 aromatic rings. The highest BCUT2D eigenvalue weighted by molar-refractivity contribution is 5.67. The van der Waals surface area contributed by atoms with Crippen molar-refractivity contribution in [1.82, 2.24) is 10.2 Å². The molecule has 94 valence electrons. The predicted octanol–water partition coefficient (Wildman–Crippen LogP) is 1.85. The Morgan fingerprint density at radius 3 is 2.69 bits per heavy atom. The fourth-order valence-corrected chi connectivity index (χ4v) is 1.86. The Morgan fingerprint density at radius 1 is 1.50 bits per heavy atom. The first-order chi connectivity index (χ1) is 7.37. The zero-order chi connectivity index (χ0) is 12.2. The van der Waals surface area contributed by atoms with E-state index in [-0.39, 0.29) is 6.09 Å². The van der Waals surface area contributed by atoms with Crippen LogP contribution in [0.1, 0.15) is 34.1 Å². The van der Waals surface area contributed by atoms with E-state index in [1.54, 1.807) is 0 Å². The van der Waals surface area contributed by atoms with Crippen molar-refractivity contribution < 1.29 is 9.53 Å². The molecule has 1 aliphatic rings. The molecule has 0 radical (unpaired) electrons. The van der Waals surface area contributed by atoms with Crippen molar-refractivity contribution in [1.29, 1.82) is 0 Å². The smallest absolute Gasteiger partial charge is 0.407 e. The lowest BCUT2D eigenvalue weighted by molar-refractivity contribution is 0.0523. The first kappa shape index (κ1) is 13.3. The van der Waals surface area contributed by atoms with Crippen LogP contribution in [0.15, 0.2) is 0 Å². The minimum atomic E-state index is -0.410. The van der Waals surface area contributed by atoms with Gasteiger partial charge < -0.3 is 15.0 Å². The third-order valence-corrected chi connectivity index (χ3v) is 2.60. The van der Waals surface area contributed by atoms with Gasteiger partial charge in [-0.05, 0) is 39.7 Å². The van der Waals surface area contributed by atoms with Crippen molar-refractivity contribution in [3.63, 3.8) is 0 Å². The number of hydrogen-bond donors (Lipinski definition) is 1. The molecule has 4 heteroatoms.